The summed E-state index contributed by atoms with van der Waals surface area (Å²) in [6.07, 6.45) is 1.62. The first-order valence-corrected chi connectivity index (χ1v) is 5.45. The maximum absolute atomic E-state index is 10.4. The minimum absolute atomic E-state index is 0.219. The molecular weight excluding hydrogens is 258 g/mol. The summed E-state index contributed by atoms with van der Waals surface area (Å²) in [5.74, 6) is -0.838. The standard InChI is InChI=1S/C11H10ClN3O3/c1-15-8(11-7(12)3-2-4-13-11)5-9(14-15)18-6-10(16)17/h2-5H,6H2,1H3,(H,16,17). The molecule has 2 aromatic rings. The lowest BCUT2D eigenvalue weighted by molar-refractivity contribution is -0.139. The summed E-state index contributed by atoms with van der Waals surface area (Å²) in [4.78, 5) is 14.5. The second-order valence-corrected chi connectivity index (χ2v) is 3.91. The molecule has 2 aromatic heterocycles. The predicted octanol–water partition coefficient (Wildman–Crippen LogP) is 1.60. The molecule has 6 nitrogen and oxygen atoms in total. The molecule has 18 heavy (non-hydrogen) atoms. The van der Waals surface area contributed by atoms with Crippen LogP contribution in [0, 0.1) is 0 Å². The molecule has 0 spiro atoms. The van der Waals surface area contributed by atoms with Gasteiger partial charge in [0.25, 0.3) is 0 Å². The number of aryl methyl sites for hydroxylation is 1. The molecule has 94 valence electrons. The molecule has 0 saturated carbocycles. The Balaban J connectivity index is 2.30. The number of pyridine rings is 1. The maximum atomic E-state index is 10.4. The molecule has 0 atom stereocenters. The lowest BCUT2D eigenvalue weighted by atomic mass is 10.2. The number of hydrogen-bond acceptors (Lipinski definition) is 4. The zero-order valence-electron chi connectivity index (χ0n) is 9.50. The van der Waals surface area contributed by atoms with Crippen LogP contribution in [0.1, 0.15) is 0 Å². The van der Waals surface area contributed by atoms with Crippen molar-refractivity contribution in [3.63, 3.8) is 0 Å². The SMILES string of the molecule is Cn1nc(OCC(=O)O)cc1-c1ncccc1Cl. The van der Waals surface area contributed by atoms with Crippen LogP contribution in [0.25, 0.3) is 11.4 Å². The average molecular weight is 268 g/mol. The number of ether oxygens (including phenoxy) is 1. The number of halogens is 1. The third-order valence-electron chi connectivity index (χ3n) is 2.20. The molecule has 0 radical (unpaired) electrons. The number of carboxylic acid groups (broad SMARTS) is 1. The Morgan fingerprint density at radius 1 is 1.61 bits per heavy atom. The van der Waals surface area contributed by atoms with E-state index in [4.69, 9.17) is 21.4 Å². The quantitative estimate of drug-likeness (QED) is 0.910. The summed E-state index contributed by atoms with van der Waals surface area (Å²) in [5, 5.41) is 13.0. The van der Waals surface area contributed by atoms with Gasteiger partial charge in [0, 0.05) is 19.3 Å². The number of aliphatic carboxylic acids is 1. The van der Waals surface area contributed by atoms with E-state index in [1.807, 2.05) is 0 Å². The summed E-state index contributed by atoms with van der Waals surface area (Å²) in [5.41, 5.74) is 1.22. The fourth-order valence-electron chi connectivity index (χ4n) is 1.44. The Hall–Kier alpha value is -2.08. The zero-order chi connectivity index (χ0) is 13.1. The van der Waals surface area contributed by atoms with Crippen LogP contribution < -0.4 is 4.74 Å². The highest BCUT2D eigenvalue weighted by Crippen LogP contribution is 2.27. The van der Waals surface area contributed by atoms with Crippen molar-refractivity contribution in [2.45, 2.75) is 0 Å². The highest BCUT2D eigenvalue weighted by Gasteiger charge is 2.13. The summed E-state index contributed by atoms with van der Waals surface area (Å²) in [6.45, 7) is -0.438. The van der Waals surface area contributed by atoms with Crippen molar-refractivity contribution < 1.29 is 14.6 Å². The average Bonchev–Trinajstić information content (AvgIpc) is 2.69. The van der Waals surface area contributed by atoms with E-state index in [1.54, 1.807) is 31.4 Å². The number of hydrogen-bond donors (Lipinski definition) is 1. The smallest absolute Gasteiger partial charge is 0.341 e. The van der Waals surface area contributed by atoms with Crippen LogP contribution in [0.3, 0.4) is 0 Å². The summed E-state index contributed by atoms with van der Waals surface area (Å²) >= 11 is 6.03. The van der Waals surface area contributed by atoms with Crippen LogP contribution in [-0.2, 0) is 11.8 Å². The second-order valence-electron chi connectivity index (χ2n) is 3.51. The van der Waals surface area contributed by atoms with Crippen molar-refractivity contribution in [2.24, 2.45) is 7.05 Å². The van der Waals surface area contributed by atoms with E-state index in [1.165, 1.54) is 4.68 Å². The molecule has 0 aliphatic rings. The summed E-state index contributed by atoms with van der Waals surface area (Å²) < 4.78 is 6.52. The van der Waals surface area contributed by atoms with Crippen LogP contribution in [0.15, 0.2) is 24.4 Å². The normalized spacial score (nSPS) is 10.3. The van der Waals surface area contributed by atoms with Gasteiger partial charge in [-0.2, -0.15) is 0 Å². The van der Waals surface area contributed by atoms with Gasteiger partial charge in [-0.3, -0.25) is 9.67 Å². The van der Waals surface area contributed by atoms with E-state index in [2.05, 4.69) is 10.1 Å². The van der Waals surface area contributed by atoms with Gasteiger partial charge in [0.1, 0.15) is 5.69 Å². The molecule has 7 heteroatoms. The molecule has 2 heterocycles. The summed E-state index contributed by atoms with van der Waals surface area (Å²) in [6, 6.07) is 5.04. The lowest BCUT2D eigenvalue weighted by Gasteiger charge is -2.01. The molecule has 0 aromatic carbocycles. The van der Waals surface area contributed by atoms with Gasteiger partial charge in [0.2, 0.25) is 5.88 Å². The van der Waals surface area contributed by atoms with E-state index >= 15 is 0 Å². The van der Waals surface area contributed by atoms with E-state index < -0.39 is 12.6 Å². The number of carboxylic acids is 1. The molecule has 0 aliphatic heterocycles. The fraction of sp³-hybridized carbons (Fsp3) is 0.182. The van der Waals surface area contributed by atoms with Crippen LogP contribution in [0.2, 0.25) is 5.02 Å². The maximum Gasteiger partial charge on any atom is 0.341 e. The number of nitrogens with zero attached hydrogens (tertiary/aromatic N) is 3. The van der Waals surface area contributed by atoms with Crippen LogP contribution in [0.4, 0.5) is 0 Å². The number of carbonyl (C=O) groups is 1. The lowest BCUT2D eigenvalue weighted by Crippen LogP contribution is -2.09. The third-order valence-corrected chi connectivity index (χ3v) is 2.51. The molecular formula is C11H10ClN3O3. The Bertz CT molecular complexity index is 583. The Labute approximate surface area is 108 Å². The number of rotatable bonds is 4. The molecule has 0 amide bonds. The van der Waals surface area contributed by atoms with Gasteiger partial charge in [0.05, 0.1) is 10.7 Å². The van der Waals surface area contributed by atoms with Crippen molar-refractivity contribution >= 4 is 17.6 Å². The van der Waals surface area contributed by atoms with E-state index in [9.17, 15) is 4.79 Å². The van der Waals surface area contributed by atoms with Gasteiger partial charge < -0.3 is 9.84 Å². The van der Waals surface area contributed by atoms with Crippen molar-refractivity contribution in [3.8, 4) is 17.3 Å². The minimum Gasteiger partial charge on any atom is -0.479 e. The van der Waals surface area contributed by atoms with E-state index in [-0.39, 0.29) is 5.88 Å². The topological polar surface area (TPSA) is 77.2 Å². The van der Waals surface area contributed by atoms with Crippen LogP contribution >= 0.6 is 11.6 Å². The van der Waals surface area contributed by atoms with E-state index in [0.29, 0.717) is 16.4 Å². The Morgan fingerprint density at radius 3 is 3.06 bits per heavy atom. The van der Waals surface area contributed by atoms with Crippen molar-refractivity contribution in [1.29, 1.82) is 0 Å². The minimum atomic E-state index is -1.06. The molecule has 0 saturated heterocycles. The summed E-state index contributed by atoms with van der Waals surface area (Å²) in [7, 11) is 1.70. The Morgan fingerprint density at radius 2 is 2.39 bits per heavy atom. The molecule has 1 N–H and O–H groups in total. The van der Waals surface area contributed by atoms with Gasteiger partial charge in [-0.1, -0.05) is 11.6 Å². The first-order valence-electron chi connectivity index (χ1n) is 5.07. The molecule has 0 bridgehead atoms. The monoisotopic (exact) mass is 267 g/mol. The molecule has 0 fully saturated rings. The molecule has 0 unspecified atom stereocenters. The first kappa shape index (κ1) is 12.4. The van der Waals surface area contributed by atoms with Crippen molar-refractivity contribution in [2.75, 3.05) is 6.61 Å². The predicted molar refractivity (Wildman–Crippen MR) is 64.6 cm³/mol. The second kappa shape index (κ2) is 5.05. The third kappa shape index (κ3) is 2.60. The largest absolute Gasteiger partial charge is 0.479 e. The highest BCUT2D eigenvalue weighted by atomic mass is 35.5. The van der Waals surface area contributed by atoms with Crippen LogP contribution in [-0.4, -0.2) is 32.4 Å². The Kier molecular flexibility index (Phi) is 3.47. The van der Waals surface area contributed by atoms with Gasteiger partial charge in [-0.05, 0) is 12.1 Å². The van der Waals surface area contributed by atoms with Crippen molar-refractivity contribution in [3.05, 3.63) is 29.4 Å². The van der Waals surface area contributed by atoms with Crippen molar-refractivity contribution in [1.82, 2.24) is 14.8 Å². The number of aromatic nitrogens is 3. The van der Waals surface area contributed by atoms with Gasteiger partial charge in [-0.15, -0.1) is 5.10 Å². The van der Waals surface area contributed by atoms with Gasteiger partial charge >= 0.3 is 5.97 Å². The first-order chi connectivity index (χ1) is 8.58. The van der Waals surface area contributed by atoms with E-state index in [0.717, 1.165) is 0 Å². The van der Waals surface area contributed by atoms with Gasteiger partial charge in [-0.25, -0.2) is 4.79 Å². The molecule has 0 aliphatic carbocycles. The highest BCUT2D eigenvalue weighted by molar-refractivity contribution is 6.32. The van der Waals surface area contributed by atoms with Gasteiger partial charge in [0.15, 0.2) is 6.61 Å². The molecule has 2 rings (SSSR count). The van der Waals surface area contributed by atoms with Crippen LogP contribution in [0.5, 0.6) is 5.88 Å². The fourth-order valence-corrected chi connectivity index (χ4v) is 1.66. The zero-order valence-corrected chi connectivity index (χ0v) is 10.3.